The Balaban J connectivity index is 2.28. The largest absolute Gasteiger partial charge is 0.514 e. The fourth-order valence-electron chi connectivity index (χ4n) is 4.37. The lowest BCUT2D eigenvalue weighted by molar-refractivity contribution is -0.133. The molecular weight excluding hydrogens is 558 g/mol. The third-order valence-corrected chi connectivity index (χ3v) is 6.01. The first-order valence-electron chi connectivity index (χ1n) is 13.8. The molecule has 12 heteroatoms. The Hall–Kier alpha value is -4.61. The summed E-state index contributed by atoms with van der Waals surface area (Å²) in [6.45, 7) is 11.7. The highest BCUT2D eigenvalue weighted by Gasteiger charge is 2.29. The van der Waals surface area contributed by atoms with Gasteiger partial charge in [-0.25, -0.2) is 9.59 Å². The number of hydrogen-bond donors (Lipinski definition) is 2. The van der Waals surface area contributed by atoms with Crippen LogP contribution in [0.2, 0.25) is 0 Å². The maximum atomic E-state index is 13.3. The van der Waals surface area contributed by atoms with Crippen molar-refractivity contribution in [1.29, 1.82) is 0 Å². The maximum Gasteiger partial charge on any atom is 0.514 e. The van der Waals surface area contributed by atoms with Gasteiger partial charge in [0.1, 0.15) is 28.7 Å². The van der Waals surface area contributed by atoms with E-state index < -0.39 is 41.4 Å². The molecule has 43 heavy (non-hydrogen) atoms. The number of carbonyl (C=O) groups excluding carboxylic acids is 5. The summed E-state index contributed by atoms with van der Waals surface area (Å²) in [5, 5.41) is 5.41. The first kappa shape index (κ1) is 32.9. The minimum Gasteiger partial charge on any atom is -0.428 e. The monoisotopic (exact) mass is 597 g/mol. The van der Waals surface area contributed by atoms with Gasteiger partial charge in [0.15, 0.2) is 0 Å². The summed E-state index contributed by atoms with van der Waals surface area (Å²) in [7, 11) is 1.42. The Morgan fingerprint density at radius 2 is 1.42 bits per heavy atom. The van der Waals surface area contributed by atoms with Crippen molar-refractivity contribution in [2.24, 2.45) is 0 Å². The van der Waals surface area contributed by atoms with Gasteiger partial charge in [-0.2, -0.15) is 0 Å². The summed E-state index contributed by atoms with van der Waals surface area (Å²) in [6.07, 6.45) is -1.06. The molecule has 0 aliphatic carbocycles. The summed E-state index contributed by atoms with van der Waals surface area (Å²) in [4.78, 5) is 64.2. The van der Waals surface area contributed by atoms with Crippen molar-refractivity contribution < 1.29 is 42.9 Å². The molecule has 0 saturated carbocycles. The summed E-state index contributed by atoms with van der Waals surface area (Å²) < 4.78 is 21.9. The van der Waals surface area contributed by atoms with Gasteiger partial charge in [-0.3, -0.25) is 14.4 Å². The molecule has 1 heterocycles. The quantitative estimate of drug-likeness (QED) is 0.299. The number of carbonyl (C=O) groups is 5. The van der Waals surface area contributed by atoms with E-state index >= 15 is 0 Å². The molecule has 0 spiro atoms. The van der Waals surface area contributed by atoms with Crippen molar-refractivity contribution in [1.82, 2.24) is 15.5 Å². The van der Waals surface area contributed by atoms with Crippen molar-refractivity contribution in [3.8, 4) is 22.6 Å². The van der Waals surface area contributed by atoms with E-state index in [0.717, 1.165) is 10.5 Å². The highest BCUT2D eigenvalue weighted by molar-refractivity contribution is 5.90. The van der Waals surface area contributed by atoms with Crippen LogP contribution < -0.4 is 20.1 Å². The number of ether oxygens (including phenoxy) is 4. The lowest BCUT2D eigenvalue weighted by atomic mass is 9.94. The van der Waals surface area contributed by atoms with E-state index in [4.69, 9.17) is 18.9 Å². The summed E-state index contributed by atoms with van der Waals surface area (Å²) in [5.41, 5.74) is 0.0195. The van der Waals surface area contributed by atoms with Crippen molar-refractivity contribution in [3.63, 3.8) is 0 Å². The van der Waals surface area contributed by atoms with Gasteiger partial charge in [-0.1, -0.05) is 12.1 Å². The summed E-state index contributed by atoms with van der Waals surface area (Å²) in [6, 6.07) is 8.07. The molecule has 0 radical (unpaired) electrons. The van der Waals surface area contributed by atoms with Crippen LogP contribution in [-0.4, -0.2) is 66.3 Å². The standard InChI is InChI=1S/C31H39N3O9/c1-18-13-19-9-11-23(40-28(38)42-30(2,3)4)21(14-19)22-15-20(10-12-24(22)41-29(39)43-31(5,6)7)26(34(8)17-35)27(37)32-16-25(36)33-18/h9-12,14-15,17-18,26H,13,16H2,1-8H3,(H,32,37)(H,33,36). The molecule has 1 aliphatic rings. The number of benzene rings is 2. The molecular formula is C31H39N3O9. The van der Waals surface area contributed by atoms with Crippen LogP contribution >= 0.6 is 0 Å². The third-order valence-electron chi connectivity index (χ3n) is 6.01. The molecule has 232 valence electrons. The van der Waals surface area contributed by atoms with E-state index in [0.29, 0.717) is 24.0 Å². The lowest BCUT2D eigenvalue weighted by Gasteiger charge is -2.26. The molecule has 3 rings (SSSR count). The second kappa shape index (κ2) is 13.1. The van der Waals surface area contributed by atoms with Crippen molar-refractivity contribution in [2.75, 3.05) is 13.6 Å². The molecule has 0 fully saturated rings. The van der Waals surface area contributed by atoms with Gasteiger partial charge in [0.2, 0.25) is 18.2 Å². The van der Waals surface area contributed by atoms with Crippen LogP contribution in [0.15, 0.2) is 36.4 Å². The second-order valence-corrected chi connectivity index (χ2v) is 12.3. The van der Waals surface area contributed by atoms with Gasteiger partial charge < -0.3 is 34.5 Å². The zero-order chi connectivity index (χ0) is 32.1. The molecule has 2 aromatic rings. The van der Waals surface area contributed by atoms with E-state index in [9.17, 15) is 24.0 Å². The lowest BCUT2D eigenvalue weighted by Crippen LogP contribution is -2.45. The Morgan fingerprint density at radius 1 is 0.884 bits per heavy atom. The first-order chi connectivity index (χ1) is 20.0. The Labute approximate surface area is 251 Å². The zero-order valence-electron chi connectivity index (χ0n) is 25.7. The fraction of sp³-hybridized carbons (Fsp3) is 0.452. The number of fused-ring (bicyclic) bond motifs is 5. The molecule has 4 bridgehead atoms. The number of hydrogen-bond acceptors (Lipinski definition) is 9. The van der Waals surface area contributed by atoms with Crippen molar-refractivity contribution >= 4 is 30.5 Å². The van der Waals surface area contributed by atoms with E-state index in [-0.39, 0.29) is 29.6 Å². The summed E-state index contributed by atoms with van der Waals surface area (Å²) >= 11 is 0. The molecule has 2 unspecified atom stereocenters. The van der Waals surface area contributed by atoms with E-state index in [1.165, 1.54) is 19.2 Å². The predicted octanol–water partition coefficient (Wildman–Crippen LogP) is 4.29. The van der Waals surface area contributed by atoms with Crippen molar-refractivity contribution in [2.45, 2.75) is 78.2 Å². The molecule has 2 N–H and O–H groups in total. The van der Waals surface area contributed by atoms with Crippen LogP contribution in [-0.2, 0) is 30.3 Å². The smallest absolute Gasteiger partial charge is 0.428 e. The molecule has 0 aromatic heterocycles. The minimum atomic E-state index is -1.15. The van der Waals surface area contributed by atoms with E-state index in [1.807, 2.05) is 0 Å². The Bertz CT molecular complexity index is 1390. The topological polar surface area (TPSA) is 150 Å². The molecule has 3 amide bonds. The molecule has 12 nitrogen and oxygen atoms in total. The fourth-order valence-corrected chi connectivity index (χ4v) is 4.37. The number of amides is 3. The minimum absolute atomic E-state index is 0.0468. The van der Waals surface area contributed by atoms with Crippen LogP contribution in [0.4, 0.5) is 9.59 Å². The van der Waals surface area contributed by atoms with Gasteiger partial charge >= 0.3 is 12.3 Å². The normalized spacial score (nSPS) is 17.4. The second-order valence-electron chi connectivity index (χ2n) is 12.3. The predicted molar refractivity (Wildman–Crippen MR) is 156 cm³/mol. The maximum absolute atomic E-state index is 13.3. The molecule has 2 aromatic carbocycles. The first-order valence-corrected chi connectivity index (χ1v) is 13.8. The Kier molecular flexibility index (Phi) is 10.1. The zero-order valence-corrected chi connectivity index (χ0v) is 25.7. The van der Waals surface area contributed by atoms with Crippen molar-refractivity contribution in [3.05, 3.63) is 47.5 Å². The van der Waals surface area contributed by atoms with Gasteiger partial charge in [0.05, 0.1) is 6.54 Å². The highest BCUT2D eigenvalue weighted by Crippen LogP contribution is 2.40. The van der Waals surface area contributed by atoms with Gasteiger partial charge in [0, 0.05) is 24.2 Å². The number of rotatable bonds is 4. The van der Waals surface area contributed by atoms with Gasteiger partial charge in [-0.15, -0.1) is 0 Å². The van der Waals surface area contributed by atoms with Crippen LogP contribution in [0.3, 0.4) is 0 Å². The molecule has 1 aliphatic heterocycles. The number of likely N-dealkylation sites (N-methyl/N-ethyl adjacent to an activating group) is 1. The van der Waals surface area contributed by atoms with Gasteiger partial charge in [0.25, 0.3) is 0 Å². The SMILES string of the molecule is CC1Cc2ccc(OC(=O)OC(C)(C)C)c(c2)-c2cc(ccc2OC(=O)OC(C)(C)C)C(N(C)C=O)C(=O)NCC(=O)N1. The highest BCUT2D eigenvalue weighted by atomic mass is 16.7. The third kappa shape index (κ3) is 9.45. The van der Waals surface area contributed by atoms with Crippen LogP contribution in [0, 0.1) is 0 Å². The van der Waals surface area contributed by atoms with Crippen LogP contribution in [0.25, 0.3) is 11.1 Å². The van der Waals surface area contributed by atoms with E-state index in [2.05, 4.69) is 10.6 Å². The average Bonchev–Trinajstić information content (AvgIpc) is 2.86. The average molecular weight is 598 g/mol. The molecule has 0 saturated heterocycles. The number of nitrogens with zero attached hydrogens (tertiary/aromatic N) is 1. The van der Waals surface area contributed by atoms with Crippen LogP contribution in [0.5, 0.6) is 11.5 Å². The molecule has 2 atom stereocenters. The van der Waals surface area contributed by atoms with Gasteiger partial charge in [-0.05, 0) is 90.3 Å². The van der Waals surface area contributed by atoms with Crippen LogP contribution in [0.1, 0.15) is 65.6 Å². The Morgan fingerprint density at radius 3 is 1.95 bits per heavy atom. The number of nitrogens with one attached hydrogen (secondary N) is 2. The van der Waals surface area contributed by atoms with E-state index in [1.54, 1.807) is 72.7 Å². The summed E-state index contributed by atoms with van der Waals surface area (Å²) in [5.74, 6) is -0.888.